The Balaban J connectivity index is 1.97. The minimum absolute atomic E-state index is 0.00317. The highest BCUT2D eigenvalue weighted by Gasteiger charge is 2.45. The fourth-order valence-electron chi connectivity index (χ4n) is 4.50. The lowest BCUT2D eigenvalue weighted by Gasteiger charge is -2.46. The molecule has 2 saturated carbocycles. The van der Waals surface area contributed by atoms with E-state index >= 15 is 0 Å². The number of nitrogens with two attached hydrogens (primary N) is 1. The van der Waals surface area contributed by atoms with Crippen molar-refractivity contribution in [3.63, 3.8) is 0 Å². The van der Waals surface area contributed by atoms with Crippen LogP contribution in [0, 0.1) is 22.7 Å². The number of amides is 1. The third-order valence-electron chi connectivity index (χ3n) is 6.87. The molecule has 0 aliphatic heterocycles. The average molecular weight is 294 g/mol. The second-order valence-electron chi connectivity index (χ2n) is 8.18. The van der Waals surface area contributed by atoms with Crippen molar-refractivity contribution in [1.82, 2.24) is 5.32 Å². The Morgan fingerprint density at radius 3 is 2.43 bits per heavy atom. The number of rotatable bonds is 4. The van der Waals surface area contributed by atoms with Crippen LogP contribution in [0.4, 0.5) is 0 Å². The molecule has 122 valence electrons. The van der Waals surface area contributed by atoms with E-state index in [1.165, 1.54) is 32.1 Å². The van der Waals surface area contributed by atoms with E-state index in [1.54, 1.807) is 0 Å². The molecule has 3 atom stereocenters. The van der Waals surface area contributed by atoms with Crippen molar-refractivity contribution < 1.29 is 4.79 Å². The number of carbonyl (C=O) groups is 1. The fourth-order valence-corrected chi connectivity index (χ4v) is 4.50. The number of hydrogen-bond acceptors (Lipinski definition) is 2. The van der Waals surface area contributed by atoms with Crippen molar-refractivity contribution in [3.8, 4) is 0 Å². The Morgan fingerprint density at radius 2 is 1.86 bits per heavy atom. The van der Waals surface area contributed by atoms with Crippen molar-refractivity contribution in [1.29, 1.82) is 0 Å². The van der Waals surface area contributed by atoms with Crippen LogP contribution in [0.3, 0.4) is 0 Å². The van der Waals surface area contributed by atoms with Gasteiger partial charge in [0, 0.05) is 18.5 Å². The summed E-state index contributed by atoms with van der Waals surface area (Å²) < 4.78 is 0. The van der Waals surface area contributed by atoms with Gasteiger partial charge in [0.25, 0.3) is 0 Å². The molecule has 0 spiro atoms. The summed E-state index contributed by atoms with van der Waals surface area (Å²) in [5.74, 6) is 0.773. The van der Waals surface area contributed by atoms with Crippen LogP contribution in [-0.2, 0) is 4.79 Å². The zero-order valence-electron chi connectivity index (χ0n) is 14.4. The maximum absolute atomic E-state index is 12.7. The normalized spacial score (nSPS) is 34.6. The van der Waals surface area contributed by atoms with Crippen LogP contribution >= 0.6 is 0 Å². The lowest BCUT2D eigenvalue weighted by molar-refractivity contribution is -0.133. The summed E-state index contributed by atoms with van der Waals surface area (Å²) in [4.78, 5) is 12.7. The molecule has 3 heteroatoms. The number of hydrogen-bond donors (Lipinski definition) is 2. The molecule has 2 fully saturated rings. The van der Waals surface area contributed by atoms with Gasteiger partial charge < -0.3 is 11.1 Å². The van der Waals surface area contributed by atoms with Gasteiger partial charge in [0.2, 0.25) is 5.91 Å². The second kappa shape index (κ2) is 6.28. The summed E-state index contributed by atoms with van der Waals surface area (Å²) in [6.07, 6.45) is 8.29. The van der Waals surface area contributed by atoms with E-state index in [0.717, 1.165) is 19.4 Å². The molecule has 3 nitrogen and oxygen atoms in total. The molecule has 1 amide bonds. The Labute approximate surface area is 130 Å². The van der Waals surface area contributed by atoms with Crippen molar-refractivity contribution in [2.75, 3.05) is 6.54 Å². The quantitative estimate of drug-likeness (QED) is 0.834. The second-order valence-corrected chi connectivity index (χ2v) is 8.18. The van der Waals surface area contributed by atoms with Crippen molar-refractivity contribution in [2.45, 2.75) is 78.7 Å². The van der Waals surface area contributed by atoms with Crippen LogP contribution < -0.4 is 11.1 Å². The van der Waals surface area contributed by atoms with Gasteiger partial charge in [-0.25, -0.2) is 0 Å². The maximum atomic E-state index is 12.7. The van der Waals surface area contributed by atoms with E-state index in [0.29, 0.717) is 11.3 Å². The van der Waals surface area contributed by atoms with Crippen molar-refractivity contribution in [3.05, 3.63) is 0 Å². The molecule has 3 unspecified atom stereocenters. The van der Waals surface area contributed by atoms with Crippen molar-refractivity contribution in [2.24, 2.45) is 28.4 Å². The first kappa shape index (κ1) is 16.8. The molecule has 0 aromatic rings. The van der Waals surface area contributed by atoms with E-state index in [4.69, 9.17) is 5.73 Å². The van der Waals surface area contributed by atoms with Crippen LogP contribution in [0.15, 0.2) is 0 Å². The highest BCUT2D eigenvalue weighted by atomic mass is 16.1. The zero-order valence-corrected chi connectivity index (χ0v) is 14.4. The molecule has 0 bridgehead atoms. The minimum atomic E-state index is -0.00317. The largest absolute Gasteiger partial charge is 0.355 e. The van der Waals surface area contributed by atoms with Gasteiger partial charge in [0.1, 0.15) is 0 Å². The third-order valence-corrected chi connectivity index (χ3v) is 6.87. The zero-order chi connectivity index (χ0) is 15.7. The first-order chi connectivity index (χ1) is 9.82. The van der Waals surface area contributed by atoms with Gasteiger partial charge in [-0.1, -0.05) is 40.5 Å². The lowest BCUT2D eigenvalue weighted by atomic mass is 9.61. The molecule has 2 aliphatic rings. The molecule has 3 N–H and O–H groups in total. The highest BCUT2D eigenvalue weighted by Crippen LogP contribution is 2.45. The molecule has 0 heterocycles. The number of carbonyl (C=O) groups excluding carboxylic acids is 1. The van der Waals surface area contributed by atoms with Gasteiger partial charge in [-0.15, -0.1) is 0 Å². The Morgan fingerprint density at radius 1 is 1.24 bits per heavy atom. The van der Waals surface area contributed by atoms with Crippen LogP contribution in [0.1, 0.15) is 72.6 Å². The smallest absolute Gasteiger partial charge is 0.223 e. The molecular formula is C18H34N2O. The lowest BCUT2D eigenvalue weighted by Crippen LogP contribution is -2.52. The Kier molecular flexibility index (Phi) is 5.02. The van der Waals surface area contributed by atoms with Gasteiger partial charge >= 0.3 is 0 Å². The van der Waals surface area contributed by atoms with E-state index in [1.807, 2.05) is 0 Å². The van der Waals surface area contributed by atoms with Gasteiger partial charge in [-0.05, 0) is 48.9 Å². The van der Waals surface area contributed by atoms with Gasteiger partial charge in [-0.2, -0.15) is 0 Å². The van der Waals surface area contributed by atoms with E-state index < -0.39 is 0 Å². The van der Waals surface area contributed by atoms with E-state index in [2.05, 4.69) is 33.0 Å². The SMILES string of the molecule is CCC1(CNC(=O)C2CCC(N)C(C)C2(C)C)CCCC1. The third kappa shape index (κ3) is 3.28. The maximum Gasteiger partial charge on any atom is 0.223 e. The van der Waals surface area contributed by atoms with Gasteiger partial charge in [0.05, 0.1) is 0 Å². The van der Waals surface area contributed by atoms with Crippen LogP contribution in [0.5, 0.6) is 0 Å². The summed E-state index contributed by atoms with van der Waals surface area (Å²) in [5.41, 5.74) is 6.57. The summed E-state index contributed by atoms with van der Waals surface area (Å²) in [6, 6.07) is 0.237. The van der Waals surface area contributed by atoms with E-state index in [9.17, 15) is 4.79 Å². The fraction of sp³-hybridized carbons (Fsp3) is 0.944. The van der Waals surface area contributed by atoms with Crippen LogP contribution in [-0.4, -0.2) is 18.5 Å². The monoisotopic (exact) mass is 294 g/mol. The molecule has 2 rings (SSSR count). The standard InChI is InChI=1S/C18H34N2O/c1-5-18(10-6-7-11-18)12-20-16(21)14-8-9-15(19)13(2)17(14,3)4/h13-15H,5-12,19H2,1-4H3,(H,20,21). The van der Waals surface area contributed by atoms with Crippen molar-refractivity contribution >= 4 is 5.91 Å². The van der Waals surface area contributed by atoms with Gasteiger partial charge in [0.15, 0.2) is 0 Å². The summed E-state index contributed by atoms with van der Waals surface area (Å²) in [7, 11) is 0. The van der Waals surface area contributed by atoms with Gasteiger partial charge in [-0.3, -0.25) is 4.79 Å². The predicted molar refractivity (Wildman–Crippen MR) is 87.8 cm³/mol. The Hall–Kier alpha value is -0.570. The molecule has 2 aliphatic carbocycles. The summed E-state index contributed by atoms with van der Waals surface area (Å²) in [6.45, 7) is 9.77. The minimum Gasteiger partial charge on any atom is -0.355 e. The first-order valence-corrected chi connectivity index (χ1v) is 8.86. The average Bonchev–Trinajstić information content (AvgIpc) is 2.92. The van der Waals surface area contributed by atoms with Crippen LogP contribution in [0.25, 0.3) is 0 Å². The Bertz CT molecular complexity index is 371. The summed E-state index contributed by atoms with van der Waals surface area (Å²) >= 11 is 0. The predicted octanol–water partition coefficient (Wildman–Crippen LogP) is 3.47. The molecule has 0 saturated heterocycles. The van der Waals surface area contributed by atoms with Crippen LogP contribution in [0.2, 0.25) is 0 Å². The molecular weight excluding hydrogens is 260 g/mol. The first-order valence-electron chi connectivity index (χ1n) is 8.86. The molecule has 0 aromatic carbocycles. The summed E-state index contributed by atoms with van der Waals surface area (Å²) in [5, 5.41) is 3.30. The topological polar surface area (TPSA) is 55.1 Å². The number of nitrogens with one attached hydrogen (secondary N) is 1. The highest BCUT2D eigenvalue weighted by molar-refractivity contribution is 5.79. The molecule has 0 radical (unpaired) electrons. The molecule has 0 aromatic heterocycles. The van der Waals surface area contributed by atoms with E-state index in [-0.39, 0.29) is 23.3 Å². The molecule has 21 heavy (non-hydrogen) atoms.